The van der Waals surface area contributed by atoms with Crippen molar-refractivity contribution < 1.29 is 19.7 Å². The Morgan fingerprint density at radius 3 is 1.75 bits per heavy atom. The standard InChI is InChI=1S/C12H16O4/c13-11-7-15-5-9-3-1-2-4-10(9)6-16-8-12(11)14/h1-4,11-14H,5-8H2/t11-,12+. The van der Waals surface area contributed by atoms with Crippen molar-refractivity contribution in [2.45, 2.75) is 25.4 Å². The predicted octanol–water partition coefficient (Wildman–Crippen LogP) is 0.455. The lowest BCUT2D eigenvalue weighted by Crippen LogP contribution is -2.34. The van der Waals surface area contributed by atoms with Gasteiger partial charge in [-0.25, -0.2) is 0 Å². The molecule has 0 spiro atoms. The second-order valence-electron chi connectivity index (χ2n) is 3.93. The van der Waals surface area contributed by atoms with E-state index in [0.29, 0.717) is 13.2 Å². The van der Waals surface area contributed by atoms with E-state index >= 15 is 0 Å². The summed E-state index contributed by atoms with van der Waals surface area (Å²) in [6, 6.07) is 7.84. The molecule has 4 nitrogen and oxygen atoms in total. The first-order valence-corrected chi connectivity index (χ1v) is 5.36. The van der Waals surface area contributed by atoms with Crippen LogP contribution in [0.3, 0.4) is 0 Å². The highest BCUT2D eigenvalue weighted by Crippen LogP contribution is 2.13. The van der Waals surface area contributed by atoms with Crippen LogP contribution in [-0.2, 0) is 22.7 Å². The summed E-state index contributed by atoms with van der Waals surface area (Å²) in [4.78, 5) is 0. The number of hydrogen-bond donors (Lipinski definition) is 2. The van der Waals surface area contributed by atoms with Crippen LogP contribution in [0.2, 0.25) is 0 Å². The van der Waals surface area contributed by atoms with Crippen LogP contribution < -0.4 is 0 Å². The molecule has 2 rings (SSSR count). The van der Waals surface area contributed by atoms with Gasteiger partial charge in [0.1, 0.15) is 12.2 Å². The Hall–Kier alpha value is -0.940. The van der Waals surface area contributed by atoms with Gasteiger partial charge in [-0.1, -0.05) is 24.3 Å². The average molecular weight is 224 g/mol. The van der Waals surface area contributed by atoms with Crippen molar-refractivity contribution in [3.63, 3.8) is 0 Å². The molecular weight excluding hydrogens is 208 g/mol. The lowest BCUT2D eigenvalue weighted by atomic mass is 10.1. The SMILES string of the molecule is O[C@@H]1COCc2ccccc2COC[C@@H]1O. The van der Waals surface area contributed by atoms with Crippen LogP contribution in [0.25, 0.3) is 0 Å². The van der Waals surface area contributed by atoms with E-state index in [1.165, 1.54) is 0 Å². The zero-order valence-electron chi connectivity index (χ0n) is 9.00. The van der Waals surface area contributed by atoms with Crippen LogP contribution in [0.15, 0.2) is 24.3 Å². The van der Waals surface area contributed by atoms with Gasteiger partial charge >= 0.3 is 0 Å². The van der Waals surface area contributed by atoms with Crippen LogP contribution >= 0.6 is 0 Å². The third-order valence-electron chi connectivity index (χ3n) is 2.65. The number of ether oxygens (including phenoxy) is 2. The zero-order chi connectivity index (χ0) is 11.4. The number of aliphatic hydroxyl groups excluding tert-OH is 2. The van der Waals surface area contributed by atoms with Crippen molar-refractivity contribution in [2.75, 3.05) is 13.2 Å². The molecule has 0 saturated carbocycles. The fraction of sp³-hybridized carbons (Fsp3) is 0.500. The summed E-state index contributed by atoms with van der Waals surface area (Å²) in [5.41, 5.74) is 2.12. The van der Waals surface area contributed by atoms with Gasteiger partial charge < -0.3 is 19.7 Å². The maximum Gasteiger partial charge on any atom is 0.105 e. The lowest BCUT2D eigenvalue weighted by Gasteiger charge is -2.21. The Morgan fingerprint density at radius 2 is 1.31 bits per heavy atom. The molecule has 0 radical (unpaired) electrons. The molecule has 0 saturated heterocycles. The Balaban J connectivity index is 2.10. The molecule has 2 N–H and O–H groups in total. The van der Waals surface area contributed by atoms with E-state index in [2.05, 4.69) is 0 Å². The molecule has 1 aliphatic rings. The van der Waals surface area contributed by atoms with E-state index < -0.39 is 12.2 Å². The van der Waals surface area contributed by atoms with Gasteiger partial charge in [0.25, 0.3) is 0 Å². The highest BCUT2D eigenvalue weighted by Gasteiger charge is 2.18. The van der Waals surface area contributed by atoms with Crippen molar-refractivity contribution in [1.29, 1.82) is 0 Å². The molecule has 16 heavy (non-hydrogen) atoms. The third kappa shape index (κ3) is 2.80. The molecule has 1 aliphatic heterocycles. The first-order chi connectivity index (χ1) is 7.77. The Kier molecular flexibility index (Phi) is 3.90. The van der Waals surface area contributed by atoms with Crippen LogP contribution in [0, 0.1) is 0 Å². The second kappa shape index (κ2) is 5.41. The summed E-state index contributed by atoms with van der Waals surface area (Å²) in [7, 11) is 0. The van der Waals surface area contributed by atoms with Gasteiger partial charge in [-0.05, 0) is 11.1 Å². The highest BCUT2D eigenvalue weighted by molar-refractivity contribution is 5.25. The molecule has 0 aliphatic carbocycles. The molecule has 1 aromatic rings. The number of hydrogen-bond acceptors (Lipinski definition) is 4. The molecule has 0 bridgehead atoms. The first-order valence-electron chi connectivity index (χ1n) is 5.36. The van der Waals surface area contributed by atoms with Crippen molar-refractivity contribution in [2.24, 2.45) is 0 Å². The maximum atomic E-state index is 9.49. The third-order valence-corrected chi connectivity index (χ3v) is 2.65. The van der Waals surface area contributed by atoms with E-state index in [9.17, 15) is 10.2 Å². The maximum absolute atomic E-state index is 9.49. The predicted molar refractivity (Wildman–Crippen MR) is 57.8 cm³/mol. The summed E-state index contributed by atoms with van der Waals surface area (Å²) in [5, 5.41) is 19.0. The van der Waals surface area contributed by atoms with Crippen LogP contribution in [0.5, 0.6) is 0 Å². The lowest BCUT2D eigenvalue weighted by molar-refractivity contribution is -0.0796. The molecular formula is C12H16O4. The van der Waals surface area contributed by atoms with E-state index in [-0.39, 0.29) is 13.2 Å². The molecule has 1 heterocycles. The Morgan fingerprint density at radius 1 is 0.875 bits per heavy atom. The van der Waals surface area contributed by atoms with Gasteiger partial charge in [0.05, 0.1) is 26.4 Å². The van der Waals surface area contributed by atoms with E-state index in [0.717, 1.165) is 11.1 Å². The van der Waals surface area contributed by atoms with E-state index in [1.54, 1.807) is 0 Å². The van der Waals surface area contributed by atoms with Crippen molar-refractivity contribution >= 4 is 0 Å². The first kappa shape index (κ1) is 11.5. The topological polar surface area (TPSA) is 58.9 Å². The molecule has 4 heteroatoms. The smallest absolute Gasteiger partial charge is 0.105 e. The van der Waals surface area contributed by atoms with Gasteiger partial charge in [-0.15, -0.1) is 0 Å². The van der Waals surface area contributed by atoms with Gasteiger partial charge in [0, 0.05) is 0 Å². The number of aliphatic hydroxyl groups is 2. The quantitative estimate of drug-likeness (QED) is 0.672. The molecule has 0 fully saturated rings. The van der Waals surface area contributed by atoms with E-state index in [1.807, 2.05) is 24.3 Å². The normalized spacial score (nSPS) is 27.1. The molecule has 1 aromatic carbocycles. The number of benzene rings is 1. The Bertz CT molecular complexity index is 307. The van der Waals surface area contributed by atoms with Crippen molar-refractivity contribution in [3.8, 4) is 0 Å². The minimum absolute atomic E-state index is 0.124. The molecule has 88 valence electrons. The summed E-state index contributed by atoms with van der Waals surface area (Å²) >= 11 is 0. The fourth-order valence-electron chi connectivity index (χ4n) is 1.64. The molecule has 0 aromatic heterocycles. The largest absolute Gasteiger partial charge is 0.388 e. The van der Waals surface area contributed by atoms with Crippen LogP contribution in [-0.4, -0.2) is 35.6 Å². The van der Waals surface area contributed by atoms with Crippen molar-refractivity contribution in [3.05, 3.63) is 35.4 Å². The van der Waals surface area contributed by atoms with Crippen molar-refractivity contribution in [1.82, 2.24) is 0 Å². The van der Waals surface area contributed by atoms with Gasteiger partial charge in [0.15, 0.2) is 0 Å². The van der Waals surface area contributed by atoms with Gasteiger partial charge in [-0.2, -0.15) is 0 Å². The highest BCUT2D eigenvalue weighted by atomic mass is 16.5. The summed E-state index contributed by atoms with van der Waals surface area (Å²) in [6.07, 6.45) is -1.77. The van der Waals surface area contributed by atoms with E-state index in [4.69, 9.17) is 9.47 Å². The monoisotopic (exact) mass is 224 g/mol. The summed E-state index contributed by atoms with van der Waals surface area (Å²) in [5.74, 6) is 0. The summed E-state index contributed by atoms with van der Waals surface area (Å²) < 4.78 is 10.7. The number of rotatable bonds is 0. The van der Waals surface area contributed by atoms with Gasteiger partial charge in [0.2, 0.25) is 0 Å². The van der Waals surface area contributed by atoms with Crippen LogP contribution in [0.4, 0.5) is 0 Å². The Labute approximate surface area is 94.4 Å². The summed E-state index contributed by atoms with van der Waals surface area (Å²) in [6.45, 7) is 1.12. The molecule has 2 atom stereocenters. The molecule has 0 unspecified atom stereocenters. The zero-order valence-corrected chi connectivity index (χ0v) is 9.00. The number of fused-ring (bicyclic) bond motifs is 1. The minimum atomic E-state index is -0.884. The minimum Gasteiger partial charge on any atom is -0.388 e. The van der Waals surface area contributed by atoms with Crippen LogP contribution in [0.1, 0.15) is 11.1 Å². The van der Waals surface area contributed by atoms with Gasteiger partial charge in [-0.3, -0.25) is 0 Å². The fourth-order valence-corrected chi connectivity index (χ4v) is 1.64. The average Bonchev–Trinajstić information content (AvgIpc) is 2.30. The molecule has 0 amide bonds. The second-order valence-corrected chi connectivity index (χ2v) is 3.93.